The van der Waals surface area contributed by atoms with Crippen LogP contribution in [0.5, 0.6) is 0 Å². The van der Waals surface area contributed by atoms with E-state index in [1.807, 2.05) is 4.90 Å². The summed E-state index contributed by atoms with van der Waals surface area (Å²) in [5, 5.41) is 6.67. The Morgan fingerprint density at radius 1 is 1.31 bits per heavy atom. The molecule has 2 unspecified atom stereocenters. The van der Waals surface area contributed by atoms with Gasteiger partial charge >= 0.3 is 0 Å². The van der Waals surface area contributed by atoms with Crippen molar-refractivity contribution < 1.29 is 4.79 Å². The third kappa shape index (κ3) is 3.26. The first kappa shape index (κ1) is 14.1. The minimum absolute atomic E-state index is 0. The van der Waals surface area contributed by atoms with Gasteiger partial charge in [0.25, 0.3) is 0 Å². The number of halogens is 1. The van der Waals surface area contributed by atoms with E-state index >= 15 is 0 Å². The molecule has 1 amide bonds. The molecular formula is C10H20ClN3OS. The number of amides is 1. The molecule has 0 spiro atoms. The number of carbonyl (C=O) groups excluding carboxylic acids is 1. The lowest BCUT2D eigenvalue weighted by Crippen LogP contribution is -2.58. The number of carbonyl (C=O) groups is 1. The van der Waals surface area contributed by atoms with Crippen LogP contribution < -0.4 is 10.6 Å². The van der Waals surface area contributed by atoms with Gasteiger partial charge in [-0.2, -0.15) is 0 Å². The summed E-state index contributed by atoms with van der Waals surface area (Å²) in [6.07, 6.45) is 0. The highest BCUT2D eigenvalue weighted by atomic mass is 35.5. The van der Waals surface area contributed by atoms with Crippen molar-refractivity contribution in [1.82, 2.24) is 15.5 Å². The van der Waals surface area contributed by atoms with Crippen molar-refractivity contribution in [3.8, 4) is 0 Å². The number of nitrogens with zero attached hydrogens (tertiary/aromatic N) is 1. The van der Waals surface area contributed by atoms with Crippen molar-refractivity contribution >= 4 is 30.1 Å². The number of hydrogen-bond acceptors (Lipinski definition) is 4. The average molecular weight is 266 g/mol. The van der Waals surface area contributed by atoms with Crippen molar-refractivity contribution in [3.05, 3.63) is 0 Å². The first-order chi connectivity index (χ1) is 7.16. The molecule has 0 aliphatic carbocycles. The van der Waals surface area contributed by atoms with E-state index in [1.165, 1.54) is 0 Å². The zero-order valence-corrected chi connectivity index (χ0v) is 11.4. The van der Waals surface area contributed by atoms with E-state index in [4.69, 9.17) is 0 Å². The van der Waals surface area contributed by atoms with E-state index in [2.05, 4.69) is 24.5 Å². The van der Waals surface area contributed by atoms with Crippen LogP contribution in [0.15, 0.2) is 0 Å². The standard InChI is InChI=1S/C10H19N3OS.ClH/c1-7-3-13(4-8(2)12-7)10(14)9-5-15-6-11-9;/h7-9,11-12H,3-6H2,1-2H3;1H/t7?,8?,9-;/m1./s1. The summed E-state index contributed by atoms with van der Waals surface area (Å²) in [5.41, 5.74) is 0. The summed E-state index contributed by atoms with van der Waals surface area (Å²) in [4.78, 5) is 14.1. The average Bonchev–Trinajstić information content (AvgIpc) is 2.67. The topological polar surface area (TPSA) is 44.4 Å². The number of hydrogen-bond donors (Lipinski definition) is 2. The van der Waals surface area contributed by atoms with Crippen LogP contribution in [0, 0.1) is 0 Å². The van der Waals surface area contributed by atoms with E-state index in [0.29, 0.717) is 12.1 Å². The number of thioether (sulfide) groups is 1. The van der Waals surface area contributed by atoms with Crippen LogP contribution in [0.1, 0.15) is 13.8 Å². The second-order valence-electron chi connectivity index (χ2n) is 4.48. The lowest BCUT2D eigenvalue weighted by atomic mass is 10.1. The zero-order chi connectivity index (χ0) is 10.8. The monoisotopic (exact) mass is 265 g/mol. The van der Waals surface area contributed by atoms with Gasteiger partial charge in [-0.05, 0) is 13.8 Å². The molecule has 0 saturated carbocycles. The predicted octanol–water partition coefficient (Wildman–Crippen LogP) is 0.279. The van der Waals surface area contributed by atoms with Crippen LogP contribution in [-0.4, -0.2) is 53.7 Å². The third-order valence-corrected chi connectivity index (χ3v) is 3.82. The Labute approximate surface area is 107 Å². The van der Waals surface area contributed by atoms with Gasteiger partial charge in [0.05, 0.1) is 6.04 Å². The molecule has 0 aromatic rings. The lowest BCUT2D eigenvalue weighted by molar-refractivity contribution is -0.134. The third-order valence-electron chi connectivity index (χ3n) is 2.88. The van der Waals surface area contributed by atoms with E-state index in [9.17, 15) is 4.79 Å². The summed E-state index contributed by atoms with van der Waals surface area (Å²) in [7, 11) is 0. The highest BCUT2D eigenvalue weighted by molar-refractivity contribution is 7.99. The van der Waals surface area contributed by atoms with Crippen LogP contribution in [0.25, 0.3) is 0 Å². The Balaban J connectivity index is 0.00000128. The highest BCUT2D eigenvalue weighted by Gasteiger charge is 2.31. The Morgan fingerprint density at radius 3 is 2.44 bits per heavy atom. The fourth-order valence-electron chi connectivity index (χ4n) is 2.28. The maximum Gasteiger partial charge on any atom is 0.240 e. The molecule has 0 bridgehead atoms. The van der Waals surface area contributed by atoms with Gasteiger partial charge in [0.1, 0.15) is 0 Å². The summed E-state index contributed by atoms with van der Waals surface area (Å²) >= 11 is 1.80. The summed E-state index contributed by atoms with van der Waals surface area (Å²) in [5.74, 6) is 2.11. The number of rotatable bonds is 1. The van der Waals surface area contributed by atoms with Gasteiger partial charge in [-0.15, -0.1) is 24.2 Å². The molecule has 16 heavy (non-hydrogen) atoms. The Hall–Kier alpha value is 0.0300. The van der Waals surface area contributed by atoms with Crippen molar-refractivity contribution in [2.75, 3.05) is 24.7 Å². The highest BCUT2D eigenvalue weighted by Crippen LogP contribution is 2.14. The first-order valence-electron chi connectivity index (χ1n) is 5.53. The molecule has 4 nitrogen and oxygen atoms in total. The summed E-state index contributed by atoms with van der Waals surface area (Å²) in [6.45, 7) is 5.94. The Kier molecular flexibility index (Phi) is 5.37. The summed E-state index contributed by atoms with van der Waals surface area (Å²) < 4.78 is 0. The van der Waals surface area contributed by atoms with Gasteiger partial charge < -0.3 is 10.2 Å². The van der Waals surface area contributed by atoms with E-state index < -0.39 is 0 Å². The van der Waals surface area contributed by atoms with Crippen molar-refractivity contribution in [3.63, 3.8) is 0 Å². The fourth-order valence-corrected chi connectivity index (χ4v) is 3.21. The normalized spacial score (nSPS) is 34.6. The molecule has 0 aromatic heterocycles. The molecule has 2 fully saturated rings. The van der Waals surface area contributed by atoms with E-state index in [1.54, 1.807) is 11.8 Å². The fraction of sp³-hybridized carbons (Fsp3) is 0.900. The van der Waals surface area contributed by atoms with E-state index in [-0.39, 0.29) is 24.4 Å². The van der Waals surface area contributed by atoms with Crippen LogP contribution in [0.4, 0.5) is 0 Å². The van der Waals surface area contributed by atoms with E-state index in [0.717, 1.165) is 24.7 Å². The van der Waals surface area contributed by atoms with Crippen LogP contribution in [0.2, 0.25) is 0 Å². The maximum atomic E-state index is 12.1. The van der Waals surface area contributed by atoms with Crippen molar-refractivity contribution in [1.29, 1.82) is 0 Å². The molecule has 2 aliphatic heterocycles. The minimum atomic E-state index is 0. The Bertz CT molecular complexity index is 238. The smallest absolute Gasteiger partial charge is 0.240 e. The first-order valence-corrected chi connectivity index (χ1v) is 6.68. The number of piperazine rings is 1. The van der Waals surface area contributed by atoms with Gasteiger partial charge in [-0.3, -0.25) is 10.1 Å². The van der Waals surface area contributed by atoms with Gasteiger partial charge in [0.15, 0.2) is 0 Å². The minimum Gasteiger partial charge on any atom is -0.338 e. The number of nitrogens with one attached hydrogen (secondary N) is 2. The van der Waals surface area contributed by atoms with Gasteiger partial charge in [-0.25, -0.2) is 0 Å². The second kappa shape index (κ2) is 6.10. The molecule has 6 heteroatoms. The Morgan fingerprint density at radius 2 is 1.94 bits per heavy atom. The quantitative estimate of drug-likeness (QED) is 0.715. The zero-order valence-electron chi connectivity index (χ0n) is 9.73. The molecule has 3 atom stereocenters. The van der Waals surface area contributed by atoms with Gasteiger partial charge in [-0.1, -0.05) is 0 Å². The van der Waals surface area contributed by atoms with Crippen LogP contribution >= 0.6 is 24.2 Å². The SMILES string of the molecule is CC1CN(C(=O)[C@H]2CSCN2)CC(C)N1.Cl. The molecular weight excluding hydrogens is 246 g/mol. The van der Waals surface area contributed by atoms with Gasteiger partial charge in [0.2, 0.25) is 5.91 Å². The molecule has 0 aromatic carbocycles. The molecule has 94 valence electrons. The van der Waals surface area contributed by atoms with Crippen molar-refractivity contribution in [2.45, 2.75) is 32.0 Å². The largest absolute Gasteiger partial charge is 0.338 e. The van der Waals surface area contributed by atoms with Gasteiger partial charge in [0, 0.05) is 36.8 Å². The second-order valence-corrected chi connectivity index (χ2v) is 5.51. The molecule has 2 saturated heterocycles. The maximum absolute atomic E-state index is 12.1. The molecule has 2 rings (SSSR count). The lowest BCUT2D eigenvalue weighted by Gasteiger charge is -2.37. The molecule has 2 aliphatic rings. The predicted molar refractivity (Wildman–Crippen MR) is 70.1 cm³/mol. The van der Waals surface area contributed by atoms with Crippen molar-refractivity contribution in [2.24, 2.45) is 0 Å². The molecule has 0 radical (unpaired) electrons. The summed E-state index contributed by atoms with van der Waals surface area (Å²) in [6, 6.07) is 0.867. The molecule has 2 heterocycles. The van der Waals surface area contributed by atoms with Crippen LogP contribution in [-0.2, 0) is 4.79 Å². The van der Waals surface area contributed by atoms with Crippen LogP contribution in [0.3, 0.4) is 0 Å². The molecule has 2 N–H and O–H groups in total.